The number of ether oxygens (including phenoxy) is 1. The molecule has 0 saturated heterocycles. The minimum atomic E-state index is -0.969. The highest BCUT2D eigenvalue weighted by Crippen LogP contribution is 2.21. The first-order valence-electron chi connectivity index (χ1n) is 7.43. The Bertz CT molecular complexity index is 709. The van der Waals surface area contributed by atoms with E-state index in [9.17, 15) is 10.1 Å². The summed E-state index contributed by atoms with van der Waals surface area (Å²) in [4.78, 5) is 10.9. The Morgan fingerprint density at radius 2 is 1.78 bits per heavy atom. The molecular weight excluding hydrogens is 290 g/mol. The van der Waals surface area contributed by atoms with Crippen LogP contribution < -0.4 is 4.74 Å². The summed E-state index contributed by atoms with van der Waals surface area (Å²) in [6.07, 6.45) is 0.551. The van der Waals surface area contributed by atoms with Gasteiger partial charge in [-0.15, -0.1) is 0 Å². The number of aromatic carboxylic acids is 1. The molecule has 0 aliphatic rings. The lowest BCUT2D eigenvalue weighted by Crippen LogP contribution is -2.05. The van der Waals surface area contributed by atoms with Gasteiger partial charge in [0.25, 0.3) is 0 Å². The van der Waals surface area contributed by atoms with Gasteiger partial charge in [0.2, 0.25) is 0 Å². The van der Waals surface area contributed by atoms with Crippen LogP contribution in [-0.4, -0.2) is 17.7 Å². The molecular formula is C19H19NO3. The fourth-order valence-electron chi connectivity index (χ4n) is 2.47. The highest BCUT2D eigenvalue weighted by atomic mass is 16.5. The van der Waals surface area contributed by atoms with E-state index in [2.05, 4.69) is 12.1 Å². The lowest BCUT2D eigenvalue weighted by atomic mass is 9.96. The van der Waals surface area contributed by atoms with Gasteiger partial charge in [-0.25, -0.2) is 4.79 Å². The number of carboxylic acids is 1. The number of benzene rings is 2. The molecule has 1 unspecified atom stereocenters. The van der Waals surface area contributed by atoms with Crippen molar-refractivity contribution in [3.63, 3.8) is 0 Å². The van der Waals surface area contributed by atoms with E-state index in [-0.39, 0.29) is 11.5 Å². The van der Waals surface area contributed by atoms with Gasteiger partial charge in [0.15, 0.2) is 0 Å². The van der Waals surface area contributed by atoms with Gasteiger partial charge < -0.3 is 9.84 Å². The van der Waals surface area contributed by atoms with E-state index in [4.69, 9.17) is 9.84 Å². The number of carboxylic acid groups (broad SMARTS) is 1. The zero-order valence-electron chi connectivity index (χ0n) is 13.2. The molecule has 0 bridgehead atoms. The summed E-state index contributed by atoms with van der Waals surface area (Å²) < 4.78 is 5.74. The lowest BCUT2D eigenvalue weighted by molar-refractivity contribution is 0.0697. The molecule has 0 aliphatic heterocycles. The van der Waals surface area contributed by atoms with E-state index in [1.807, 2.05) is 26.0 Å². The minimum Gasteiger partial charge on any atom is -0.494 e. The van der Waals surface area contributed by atoms with Crippen molar-refractivity contribution >= 4 is 5.97 Å². The van der Waals surface area contributed by atoms with Crippen LogP contribution in [0.5, 0.6) is 5.75 Å². The van der Waals surface area contributed by atoms with Crippen molar-refractivity contribution in [3.05, 3.63) is 64.7 Å². The third kappa shape index (κ3) is 4.58. The quantitative estimate of drug-likeness (QED) is 0.873. The van der Waals surface area contributed by atoms with E-state index < -0.39 is 5.97 Å². The van der Waals surface area contributed by atoms with Crippen molar-refractivity contribution < 1.29 is 14.6 Å². The van der Waals surface area contributed by atoms with Crippen molar-refractivity contribution in [2.24, 2.45) is 0 Å². The van der Waals surface area contributed by atoms with Crippen LogP contribution in [0.25, 0.3) is 0 Å². The van der Waals surface area contributed by atoms with E-state index in [0.29, 0.717) is 13.0 Å². The van der Waals surface area contributed by atoms with Crippen LogP contribution in [0.3, 0.4) is 0 Å². The zero-order chi connectivity index (χ0) is 16.8. The fourth-order valence-corrected chi connectivity index (χ4v) is 2.47. The molecule has 4 nitrogen and oxygen atoms in total. The maximum atomic E-state index is 10.9. The zero-order valence-corrected chi connectivity index (χ0v) is 13.2. The third-order valence-electron chi connectivity index (χ3n) is 3.59. The molecule has 0 heterocycles. The van der Waals surface area contributed by atoms with Crippen LogP contribution in [0, 0.1) is 25.2 Å². The monoisotopic (exact) mass is 309 g/mol. The van der Waals surface area contributed by atoms with Gasteiger partial charge in [-0.3, -0.25) is 0 Å². The van der Waals surface area contributed by atoms with Crippen molar-refractivity contribution in [1.29, 1.82) is 5.26 Å². The second-order valence-electron chi connectivity index (χ2n) is 5.57. The number of hydrogen-bond acceptors (Lipinski definition) is 3. The van der Waals surface area contributed by atoms with Crippen molar-refractivity contribution in [2.45, 2.75) is 26.2 Å². The second-order valence-corrected chi connectivity index (χ2v) is 5.57. The number of nitrogens with zero attached hydrogens (tertiary/aromatic N) is 1. The van der Waals surface area contributed by atoms with Crippen LogP contribution in [0.4, 0.5) is 0 Å². The molecule has 0 aliphatic carbocycles. The molecule has 0 saturated carbocycles. The summed E-state index contributed by atoms with van der Waals surface area (Å²) in [5, 5.41) is 18.2. The second kappa shape index (κ2) is 7.46. The SMILES string of the molecule is Cc1cc(C)cc(OCCC(C#N)c2ccc(C(=O)O)cc2)c1. The fraction of sp³-hybridized carbons (Fsp3) is 0.263. The van der Waals surface area contributed by atoms with Gasteiger partial charge in [-0.05, 0) is 54.8 Å². The Hall–Kier alpha value is -2.80. The van der Waals surface area contributed by atoms with E-state index >= 15 is 0 Å². The van der Waals surface area contributed by atoms with Crippen LogP contribution in [0.1, 0.15) is 39.4 Å². The summed E-state index contributed by atoms with van der Waals surface area (Å²) in [5.74, 6) is -0.479. The molecule has 0 radical (unpaired) electrons. The highest BCUT2D eigenvalue weighted by molar-refractivity contribution is 5.87. The van der Waals surface area contributed by atoms with Crippen molar-refractivity contribution in [2.75, 3.05) is 6.61 Å². The molecule has 2 aromatic carbocycles. The Balaban J connectivity index is 1.97. The standard InChI is InChI=1S/C19H19NO3/c1-13-9-14(2)11-18(10-13)23-8-7-17(12-20)15-3-5-16(6-4-15)19(21)22/h3-6,9-11,17H,7-8H2,1-2H3,(H,21,22). The highest BCUT2D eigenvalue weighted by Gasteiger charge is 2.12. The molecule has 0 amide bonds. The minimum absolute atomic E-state index is 0.219. The number of rotatable bonds is 6. The Kier molecular flexibility index (Phi) is 5.37. The largest absolute Gasteiger partial charge is 0.494 e. The number of aryl methyl sites for hydroxylation is 2. The molecule has 2 aromatic rings. The van der Waals surface area contributed by atoms with Crippen LogP contribution >= 0.6 is 0 Å². The first kappa shape index (κ1) is 16.6. The van der Waals surface area contributed by atoms with E-state index in [0.717, 1.165) is 22.4 Å². The van der Waals surface area contributed by atoms with E-state index in [1.165, 1.54) is 12.1 Å². The van der Waals surface area contributed by atoms with Gasteiger partial charge >= 0.3 is 5.97 Å². The summed E-state index contributed by atoms with van der Waals surface area (Å²) in [6, 6.07) is 14.7. The maximum absolute atomic E-state index is 10.9. The molecule has 2 rings (SSSR count). The predicted molar refractivity (Wildman–Crippen MR) is 87.8 cm³/mol. The number of nitriles is 1. The molecule has 4 heteroatoms. The van der Waals surface area contributed by atoms with Crippen molar-refractivity contribution in [3.8, 4) is 11.8 Å². The number of carbonyl (C=O) groups is 1. The van der Waals surface area contributed by atoms with Crippen LogP contribution in [0.2, 0.25) is 0 Å². The predicted octanol–water partition coefficient (Wildman–Crippen LogP) is 4.08. The molecule has 0 fully saturated rings. The summed E-state index contributed by atoms with van der Waals surface area (Å²) in [7, 11) is 0. The van der Waals surface area contributed by atoms with Gasteiger partial charge in [0, 0.05) is 6.42 Å². The topological polar surface area (TPSA) is 70.3 Å². The van der Waals surface area contributed by atoms with Crippen LogP contribution in [0.15, 0.2) is 42.5 Å². The first-order valence-corrected chi connectivity index (χ1v) is 7.43. The Labute approximate surface area is 136 Å². The summed E-state index contributed by atoms with van der Waals surface area (Å²) >= 11 is 0. The number of hydrogen-bond donors (Lipinski definition) is 1. The molecule has 1 N–H and O–H groups in total. The molecule has 23 heavy (non-hydrogen) atoms. The maximum Gasteiger partial charge on any atom is 0.335 e. The Morgan fingerprint density at radius 1 is 1.17 bits per heavy atom. The average molecular weight is 309 g/mol. The smallest absolute Gasteiger partial charge is 0.335 e. The van der Waals surface area contributed by atoms with E-state index in [1.54, 1.807) is 12.1 Å². The van der Waals surface area contributed by atoms with Gasteiger partial charge in [-0.1, -0.05) is 18.2 Å². The lowest BCUT2D eigenvalue weighted by Gasteiger charge is -2.12. The van der Waals surface area contributed by atoms with Gasteiger partial charge in [-0.2, -0.15) is 5.26 Å². The third-order valence-corrected chi connectivity index (χ3v) is 3.59. The van der Waals surface area contributed by atoms with Crippen molar-refractivity contribution in [1.82, 2.24) is 0 Å². The molecule has 1 atom stereocenters. The normalized spacial score (nSPS) is 11.5. The summed E-state index contributed by atoms with van der Waals surface area (Å²) in [5.41, 5.74) is 3.31. The molecule has 0 aromatic heterocycles. The first-order chi connectivity index (χ1) is 11.0. The van der Waals surface area contributed by atoms with Gasteiger partial charge in [0.1, 0.15) is 5.75 Å². The average Bonchev–Trinajstić information content (AvgIpc) is 2.51. The Morgan fingerprint density at radius 3 is 2.30 bits per heavy atom. The van der Waals surface area contributed by atoms with Gasteiger partial charge in [0.05, 0.1) is 24.2 Å². The van der Waals surface area contributed by atoms with Crippen LogP contribution in [-0.2, 0) is 0 Å². The molecule has 0 spiro atoms. The summed E-state index contributed by atoms with van der Waals surface area (Å²) in [6.45, 7) is 4.46. The molecule has 118 valence electrons.